The molecule has 1 saturated heterocycles. The lowest BCUT2D eigenvalue weighted by Crippen LogP contribution is -2.49. The lowest BCUT2D eigenvalue weighted by Gasteiger charge is -2.44. The van der Waals surface area contributed by atoms with E-state index in [0.717, 1.165) is 35.9 Å². The fourth-order valence-corrected chi connectivity index (χ4v) is 4.43. The van der Waals surface area contributed by atoms with Gasteiger partial charge in [-0.15, -0.1) is 0 Å². The second kappa shape index (κ2) is 7.36. The second-order valence-electron chi connectivity index (χ2n) is 8.21. The molecule has 30 heavy (non-hydrogen) atoms. The Bertz CT molecular complexity index is 1090. The molecule has 2 aliphatic rings. The molecule has 2 aromatic heterocycles. The molecule has 2 aliphatic heterocycles. The summed E-state index contributed by atoms with van der Waals surface area (Å²) in [7, 11) is 3.87. The first-order chi connectivity index (χ1) is 14.6. The van der Waals surface area contributed by atoms with Crippen LogP contribution in [0.25, 0.3) is 11.0 Å². The van der Waals surface area contributed by atoms with E-state index in [4.69, 9.17) is 14.2 Å². The molecule has 0 saturated carbocycles. The minimum absolute atomic E-state index is 0.0663. The SMILES string of the molecule is CN(C)c1ncc2c(n1)C1(CCN(C(=O)Cc3noc4ccccc34)CC1)OCC2. The Morgan fingerprint density at radius 2 is 2.03 bits per heavy atom. The van der Waals surface area contributed by atoms with Crippen molar-refractivity contribution in [1.29, 1.82) is 0 Å². The maximum atomic E-state index is 12.9. The molecule has 8 nitrogen and oxygen atoms in total. The normalized spacial score (nSPS) is 17.9. The summed E-state index contributed by atoms with van der Waals surface area (Å²) in [6, 6.07) is 7.63. The van der Waals surface area contributed by atoms with E-state index in [1.165, 1.54) is 0 Å². The highest BCUT2D eigenvalue weighted by Crippen LogP contribution is 2.40. The van der Waals surface area contributed by atoms with E-state index < -0.39 is 5.60 Å². The van der Waals surface area contributed by atoms with Crippen molar-refractivity contribution in [3.63, 3.8) is 0 Å². The van der Waals surface area contributed by atoms with E-state index in [2.05, 4.69) is 10.1 Å². The number of hydrogen-bond donors (Lipinski definition) is 0. The van der Waals surface area contributed by atoms with E-state index in [1.54, 1.807) is 0 Å². The summed E-state index contributed by atoms with van der Waals surface area (Å²) in [6.07, 6.45) is 4.46. The van der Waals surface area contributed by atoms with E-state index in [9.17, 15) is 4.79 Å². The van der Waals surface area contributed by atoms with Crippen molar-refractivity contribution in [2.75, 3.05) is 38.7 Å². The van der Waals surface area contributed by atoms with Crippen molar-refractivity contribution < 1.29 is 14.1 Å². The van der Waals surface area contributed by atoms with E-state index in [0.29, 0.717) is 36.9 Å². The van der Waals surface area contributed by atoms with E-state index in [1.807, 2.05) is 54.4 Å². The van der Waals surface area contributed by atoms with Gasteiger partial charge in [-0.1, -0.05) is 17.3 Å². The van der Waals surface area contributed by atoms with Crippen molar-refractivity contribution in [3.05, 3.63) is 47.4 Å². The first-order valence-corrected chi connectivity index (χ1v) is 10.3. The number of nitrogens with zero attached hydrogens (tertiary/aromatic N) is 5. The van der Waals surface area contributed by atoms with Crippen LogP contribution in [-0.4, -0.2) is 59.7 Å². The van der Waals surface area contributed by atoms with Gasteiger partial charge in [-0.05, 0) is 37.0 Å². The van der Waals surface area contributed by atoms with Crippen molar-refractivity contribution in [2.45, 2.75) is 31.3 Å². The molecule has 1 fully saturated rings. The number of ether oxygens (including phenoxy) is 1. The largest absolute Gasteiger partial charge is 0.368 e. The number of aromatic nitrogens is 3. The van der Waals surface area contributed by atoms with Crippen LogP contribution in [0.5, 0.6) is 0 Å². The summed E-state index contributed by atoms with van der Waals surface area (Å²) in [5.41, 5.74) is 3.11. The Kier molecular flexibility index (Phi) is 4.66. The van der Waals surface area contributed by atoms with Gasteiger partial charge < -0.3 is 19.1 Å². The predicted molar refractivity (Wildman–Crippen MR) is 111 cm³/mol. The maximum absolute atomic E-state index is 12.9. The number of carbonyl (C=O) groups is 1. The summed E-state index contributed by atoms with van der Waals surface area (Å²) in [6.45, 7) is 1.93. The number of piperidine rings is 1. The molecule has 4 heterocycles. The Balaban J connectivity index is 1.32. The van der Waals surface area contributed by atoms with Gasteiger partial charge in [-0.2, -0.15) is 0 Å². The fraction of sp³-hybridized carbons (Fsp3) is 0.455. The highest BCUT2D eigenvalue weighted by molar-refractivity contribution is 5.86. The zero-order valence-electron chi connectivity index (χ0n) is 17.3. The summed E-state index contributed by atoms with van der Waals surface area (Å²) in [5, 5.41) is 5.00. The van der Waals surface area contributed by atoms with Gasteiger partial charge in [0, 0.05) is 38.8 Å². The zero-order valence-corrected chi connectivity index (χ0v) is 17.3. The summed E-state index contributed by atoms with van der Waals surface area (Å²) < 4.78 is 11.6. The lowest BCUT2D eigenvalue weighted by atomic mass is 9.83. The van der Waals surface area contributed by atoms with Crippen molar-refractivity contribution in [2.24, 2.45) is 0 Å². The van der Waals surface area contributed by atoms with Crippen molar-refractivity contribution in [3.8, 4) is 0 Å². The molecule has 1 amide bonds. The van der Waals surface area contributed by atoms with Gasteiger partial charge in [0.1, 0.15) is 11.3 Å². The molecule has 3 aromatic rings. The van der Waals surface area contributed by atoms with Crippen LogP contribution in [-0.2, 0) is 28.0 Å². The fourth-order valence-electron chi connectivity index (χ4n) is 4.43. The number of hydrogen-bond acceptors (Lipinski definition) is 7. The molecule has 1 spiro atoms. The Morgan fingerprint density at radius 3 is 2.83 bits per heavy atom. The number of amides is 1. The molecule has 156 valence electrons. The third-order valence-corrected chi connectivity index (χ3v) is 6.13. The van der Waals surface area contributed by atoms with Crippen LogP contribution in [0.15, 0.2) is 35.0 Å². The summed E-state index contributed by atoms with van der Waals surface area (Å²) >= 11 is 0. The van der Waals surface area contributed by atoms with Crippen molar-refractivity contribution >= 4 is 22.8 Å². The number of para-hydroxylation sites is 1. The molecule has 0 bridgehead atoms. The molecule has 5 rings (SSSR count). The quantitative estimate of drug-likeness (QED) is 0.659. The van der Waals surface area contributed by atoms with Crippen LogP contribution < -0.4 is 4.90 Å². The van der Waals surface area contributed by atoms with E-state index >= 15 is 0 Å². The molecule has 1 aromatic carbocycles. The number of rotatable bonds is 3. The van der Waals surface area contributed by atoms with Gasteiger partial charge in [-0.3, -0.25) is 4.79 Å². The third-order valence-electron chi connectivity index (χ3n) is 6.13. The molecule has 0 unspecified atom stereocenters. The molecular weight excluding hydrogens is 382 g/mol. The minimum atomic E-state index is -0.432. The third kappa shape index (κ3) is 3.21. The molecule has 8 heteroatoms. The van der Waals surface area contributed by atoms with Crippen LogP contribution in [0.1, 0.15) is 29.8 Å². The zero-order chi connectivity index (χ0) is 20.7. The van der Waals surface area contributed by atoms with Crippen LogP contribution in [0.2, 0.25) is 0 Å². The predicted octanol–water partition coefficient (Wildman–Crippen LogP) is 2.32. The van der Waals surface area contributed by atoms with Crippen LogP contribution in [0.3, 0.4) is 0 Å². The van der Waals surface area contributed by atoms with Gasteiger partial charge in [-0.25, -0.2) is 9.97 Å². The number of fused-ring (bicyclic) bond motifs is 3. The number of benzene rings is 1. The van der Waals surface area contributed by atoms with Crippen molar-refractivity contribution in [1.82, 2.24) is 20.0 Å². The second-order valence-corrected chi connectivity index (χ2v) is 8.21. The van der Waals surface area contributed by atoms with Gasteiger partial charge in [0.15, 0.2) is 5.58 Å². The first kappa shape index (κ1) is 19.0. The smallest absolute Gasteiger partial charge is 0.228 e. The highest BCUT2D eigenvalue weighted by Gasteiger charge is 2.43. The topological polar surface area (TPSA) is 84.6 Å². The Labute approximate surface area is 174 Å². The lowest BCUT2D eigenvalue weighted by molar-refractivity contribution is -0.140. The first-order valence-electron chi connectivity index (χ1n) is 10.3. The molecule has 0 atom stereocenters. The summed E-state index contributed by atoms with van der Waals surface area (Å²) in [4.78, 5) is 26.0. The van der Waals surface area contributed by atoms with Crippen LogP contribution in [0.4, 0.5) is 5.95 Å². The van der Waals surface area contributed by atoms with Crippen LogP contribution >= 0.6 is 0 Å². The van der Waals surface area contributed by atoms with Gasteiger partial charge in [0.05, 0.1) is 18.7 Å². The minimum Gasteiger partial charge on any atom is -0.368 e. The van der Waals surface area contributed by atoms with Gasteiger partial charge in [0.2, 0.25) is 11.9 Å². The molecule has 0 aliphatic carbocycles. The van der Waals surface area contributed by atoms with E-state index in [-0.39, 0.29) is 12.3 Å². The average molecular weight is 407 g/mol. The van der Waals surface area contributed by atoms with Crippen LogP contribution in [0, 0.1) is 0 Å². The standard InChI is InChI=1S/C22H25N5O3/c1-26(2)21-23-14-15-7-12-29-22(20(15)24-21)8-10-27(11-9-22)19(28)13-17-16-5-3-4-6-18(16)30-25-17/h3-6,14H,7-13H2,1-2H3. The van der Waals surface area contributed by atoms with Gasteiger partial charge >= 0.3 is 0 Å². The monoisotopic (exact) mass is 407 g/mol. The molecule has 0 radical (unpaired) electrons. The molecular formula is C22H25N5O3. The Morgan fingerprint density at radius 1 is 1.23 bits per heavy atom. The average Bonchev–Trinajstić information content (AvgIpc) is 3.17. The highest BCUT2D eigenvalue weighted by atomic mass is 16.5. The molecule has 0 N–H and O–H groups in total. The number of likely N-dealkylation sites (tertiary alicyclic amines) is 1. The van der Waals surface area contributed by atoms with Gasteiger partial charge in [0.25, 0.3) is 0 Å². The Hall–Kier alpha value is -3.00. The summed E-state index contributed by atoms with van der Waals surface area (Å²) in [5.74, 6) is 0.756. The number of anilines is 1. The number of carbonyl (C=O) groups excluding carboxylic acids is 1. The maximum Gasteiger partial charge on any atom is 0.228 e.